The van der Waals surface area contributed by atoms with Gasteiger partial charge in [0.15, 0.2) is 5.82 Å². The molecule has 0 fully saturated rings. The van der Waals surface area contributed by atoms with Crippen LogP contribution in [0.1, 0.15) is 56.4 Å². The average Bonchev–Trinajstić information content (AvgIpc) is 3.08. The zero-order chi connectivity index (χ0) is 17.4. The first-order valence-corrected chi connectivity index (χ1v) is 8.79. The molecule has 24 heavy (non-hydrogen) atoms. The van der Waals surface area contributed by atoms with Gasteiger partial charge in [0.05, 0.1) is 13.2 Å². The van der Waals surface area contributed by atoms with Crippen molar-refractivity contribution in [3.63, 3.8) is 0 Å². The molecule has 5 nitrogen and oxygen atoms in total. The lowest BCUT2D eigenvalue weighted by molar-refractivity contribution is 0.207. The van der Waals surface area contributed by atoms with Gasteiger partial charge in [-0.15, -0.1) is 0 Å². The lowest BCUT2D eigenvalue weighted by Gasteiger charge is -2.21. The summed E-state index contributed by atoms with van der Waals surface area (Å²) in [5.74, 6) is 2.44. The summed E-state index contributed by atoms with van der Waals surface area (Å²) in [4.78, 5) is 6.79. The van der Waals surface area contributed by atoms with E-state index in [1.807, 2.05) is 12.1 Å². The quantitative estimate of drug-likeness (QED) is 0.657. The summed E-state index contributed by atoms with van der Waals surface area (Å²) in [6, 6.07) is 8.42. The number of rotatable bonds is 10. The molecule has 0 radical (unpaired) electrons. The van der Waals surface area contributed by atoms with Crippen LogP contribution in [-0.4, -0.2) is 35.7 Å². The molecule has 0 aliphatic carbocycles. The van der Waals surface area contributed by atoms with Crippen LogP contribution in [0.4, 0.5) is 0 Å². The molecule has 0 spiro atoms. The van der Waals surface area contributed by atoms with E-state index in [0.29, 0.717) is 5.89 Å². The summed E-state index contributed by atoms with van der Waals surface area (Å²) in [5, 5.41) is 4.08. The molecular weight excluding hydrogens is 302 g/mol. The summed E-state index contributed by atoms with van der Waals surface area (Å²) >= 11 is 0. The van der Waals surface area contributed by atoms with Gasteiger partial charge in [-0.05, 0) is 57.5 Å². The Morgan fingerprint density at radius 2 is 1.92 bits per heavy atom. The van der Waals surface area contributed by atoms with Crippen molar-refractivity contribution in [1.29, 1.82) is 0 Å². The highest BCUT2D eigenvalue weighted by molar-refractivity contribution is 5.27. The predicted octanol–water partition coefficient (Wildman–Crippen LogP) is 4.05. The molecule has 2 aromatic rings. The number of methoxy groups -OCH3 is 1. The third kappa shape index (κ3) is 5.34. The lowest BCUT2D eigenvalue weighted by Crippen LogP contribution is -2.24. The minimum Gasteiger partial charge on any atom is -0.497 e. The Balaban J connectivity index is 1.78. The number of benzene rings is 1. The van der Waals surface area contributed by atoms with Crippen molar-refractivity contribution in [2.24, 2.45) is 0 Å². The molecule has 1 aromatic heterocycles. The van der Waals surface area contributed by atoms with Gasteiger partial charge in [0, 0.05) is 6.42 Å². The first-order chi connectivity index (χ1) is 11.6. The molecule has 0 saturated carbocycles. The number of hydrogen-bond acceptors (Lipinski definition) is 5. The fourth-order valence-corrected chi connectivity index (χ4v) is 2.58. The van der Waals surface area contributed by atoms with Crippen LogP contribution in [0.2, 0.25) is 0 Å². The normalized spacial score (nSPS) is 12.5. The Bertz CT molecular complexity index is 595. The second-order valence-corrected chi connectivity index (χ2v) is 6.26. The molecule has 1 heterocycles. The highest BCUT2D eigenvalue weighted by atomic mass is 16.5. The molecule has 0 aliphatic heterocycles. The third-order valence-corrected chi connectivity index (χ3v) is 4.39. The minimum atomic E-state index is 0.142. The molecule has 5 heteroatoms. The van der Waals surface area contributed by atoms with E-state index in [2.05, 4.69) is 48.1 Å². The van der Waals surface area contributed by atoms with Crippen molar-refractivity contribution in [2.45, 2.75) is 52.0 Å². The van der Waals surface area contributed by atoms with Crippen LogP contribution in [0.5, 0.6) is 5.75 Å². The zero-order valence-corrected chi connectivity index (χ0v) is 15.3. The molecule has 0 aliphatic rings. The number of hydrogen-bond donors (Lipinski definition) is 0. The van der Waals surface area contributed by atoms with Crippen LogP contribution < -0.4 is 4.74 Å². The van der Waals surface area contributed by atoms with E-state index < -0.39 is 0 Å². The molecule has 1 aromatic carbocycles. The molecule has 1 unspecified atom stereocenters. The number of aromatic nitrogens is 2. The van der Waals surface area contributed by atoms with Crippen molar-refractivity contribution in [3.05, 3.63) is 41.5 Å². The smallest absolute Gasteiger partial charge is 0.243 e. The number of nitrogens with zero attached hydrogens (tertiary/aromatic N) is 3. The van der Waals surface area contributed by atoms with E-state index in [4.69, 9.17) is 9.26 Å². The van der Waals surface area contributed by atoms with Crippen LogP contribution in [0.15, 0.2) is 28.8 Å². The van der Waals surface area contributed by atoms with Gasteiger partial charge in [0.2, 0.25) is 5.89 Å². The fraction of sp³-hybridized carbons (Fsp3) is 0.579. The molecule has 2 rings (SSSR count). The van der Waals surface area contributed by atoms with Crippen molar-refractivity contribution < 1.29 is 9.26 Å². The monoisotopic (exact) mass is 331 g/mol. The zero-order valence-electron chi connectivity index (χ0n) is 15.3. The van der Waals surface area contributed by atoms with Crippen LogP contribution in [0, 0.1) is 0 Å². The predicted molar refractivity (Wildman–Crippen MR) is 95.3 cm³/mol. The third-order valence-electron chi connectivity index (χ3n) is 4.39. The molecule has 0 N–H and O–H groups in total. The van der Waals surface area contributed by atoms with Crippen LogP contribution in [0.3, 0.4) is 0 Å². The Morgan fingerprint density at radius 1 is 1.17 bits per heavy atom. The van der Waals surface area contributed by atoms with Gasteiger partial charge < -0.3 is 9.26 Å². The van der Waals surface area contributed by atoms with Gasteiger partial charge in [-0.25, -0.2) is 0 Å². The molecular formula is C19H29N3O2. The Hall–Kier alpha value is -1.88. The van der Waals surface area contributed by atoms with Gasteiger partial charge in [-0.1, -0.05) is 30.6 Å². The summed E-state index contributed by atoms with van der Waals surface area (Å²) in [6.07, 6.45) is 5.28. The number of aryl methyl sites for hydroxylation is 2. The van der Waals surface area contributed by atoms with Gasteiger partial charge >= 0.3 is 0 Å². The SMILES string of the molecule is CCCCc1noc(C(C)N(C)CCCc2ccc(OC)cc2)n1. The largest absolute Gasteiger partial charge is 0.497 e. The Kier molecular flexibility index (Phi) is 7.25. The standard InChI is InChI=1S/C19H29N3O2/c1-5-6-9-18-20-19(24-21-18)15(2)22(3)14-7-8-16-10-12-17(23-4)13-11-16/h10-13,15H,5-9,14H2,1-4H3. The second kappa shape index (κ2) is 9.42. The van der Waals surface area contributed by atoms with E-state index in [-0.39, 0.29) is 6.04 Å². The highest BCUT2D eigenvalue weighted by Crippen LogP contribution is 2.18. The lowest BCUT2D eigenvalue weighted by atomic mass is 10.1. The van der Waals surface area contributed by atoms with E-state index in [9.17, 15) is 0 Å². The first-order valence-electron chi connectivity index (χ1n) is 8.79. The van der Waals surface area contributed by atoms with Crippen molar-refractivity contribution in [3.8, 4) is 5.75 Å². The van der Waals surface area contributed by atoms with Crippen LogP contribution >= 0.6 is 0 Å². The molecule has 1 atom stereocenters. The summed E-state index contributed by atoms with van der Waals surface area (Å²) < 4.78 is 10.6. The first kappa shape index (κ1) is 18.5. The van der Waals surface area contributed by atoms with E-state index >= 15 is 0 Å². The molecule has 0 bridgehead atoms. The van der Waals surface area contributed by atoms with E-state index in [1.165, 1.54) is 5.56 Å². The van der Waals surface area contributed by atoms with Crippen molar-refractivity contribution >= 4 is 0 Å². The van der Waals surface area contributed by atoms with Gasteiger partial charge in [0.25, 0.3) is 0 Å². The summed E-state index contributed by atoms with van der Waals surface area (Å²) in [7, 11) is 3.80. The van der Waals surface area contributed by atoms with Gasteiger partial charge in [-0.3, -0.25) is 4.90 Å². The fourth-order valence-electron chi connectivity index (χ4n) is 2.58. The minimum absolute atomic E-state index is 0.142. The molecule has 0 saturated heterocycles. The van der Waals surface area contributed by atoms with Gasteiger partial charge in [0.1, 0.15) is 5.75 Å². The molecule has 0 amide bonds. The summed E-state index contributed by atoms with van der Waals surface area (Å²) in [5.41, 5.74) is 1.33. The number of unbranched alkanes of at least 4 members (excludes halogenated alkanes) is 1. The van der Waals surface area contributed by atoms with Crippen LogP contribution in [0.25, 0.3) is 0 Å². The van der Waals surface area contributed by atoms with Crippen LogP contribution in [-0.2, 0) is 12.8 Å². The van der Waals surface area contributed by atoms with Crippen molar-refractivity contribution in [2.75, 3.05) is 20.7 Å². The van der Waals surface area contributed by atoms with Crippen molar-refractivity contribution in [1.82, 2.24) is 15.0 Å². The highest BCUT2D eigenvalue weighted by Gasteiger charge is 2.18. The maximum absolute atomic E-state index is 5.42. The second-order valence-electron chi connectivity index (χ2n) is 6.26. The van der Waals surface area contributed by atoms with Gasteiger partial charge in [-0.2, -0.15) is 4.98 Å². The average molecular weight is 331 g/mol. The maximum Gasteiger partial charge on any atom is 0.243 e. The molecule has 132 valence electrons. The Labute approximate surface area is 145 Å². The number of ether oxygens (including phenoxy) is 1. The maximum atomic E-state index is 5.42. The Morgan fingerprint density at radius 3 is 2.58 bits per heavy atom. The topological polar surface area (TPSA) is 51.4 Å². The van der Waals surface area contributed by atoms with E-state index in [1.54, 1.807) is 7.11 Å². The van der Waals surface area contributed by atoms with E-state index in [0.717, 1.165) is 50.2 Å². The summed E-state index contributed by atoms with van der Waals surface area (Å²) in [6.45, 7) is 5.27.